The molecule has 0 spiro atoms. The average molecular weight is 231 g/mol. The molecule has 0 radical (unpaired) electrons. The maximum absolute atomic E-state index is 8.65. The highest BCUT2D eigenvalue weighted by molar-refractivity contribution is 5.39. The molecule has 1 aromatic carbocycles. The molecule has 2 heteroatoms. The summed E-state index contributed by atoms with van der Waals surface area (Å²) in [6, 6.07) is 8.50. The smallest absolute Gasteiger partial charge is 0.122 e. The standard InChI is InChI=1S/C15H21NO/c1-4-10-17-15-8-7-12(2)11-14(15)13(3)6-5-9-16/h7-8,11,13H,4-6,10H2,1-3H3. The van der Waals surface area contributed by atoms with Gasteiger partial charge in [-0.2, -0.15) is 5.26 Å². The van der Waals surface area contributed by atoms with Crippen molar-refractivity contribution in [2.45, 2.75) is 46.0 Å². The van der Waals surface area contributed by atoms with Gasteiger partial charge >= 0.3 is 0 Å². The van der Waals surface area contributed by atoms with Crippen LogP contribution in [0.15, 0.2) is 18.2 Å². The van der Waals surface area contributed by atoms with Gasteiger partial charge in [0.15, 0.2) is 0 Å². The van der Waals surface area contributed by atoms with E-state index in [4.69, 9.17) is 10.00 Å². The van der Waals surface area contributed by atoms with E-state index in [1.54, 1.807) is 0 Å². The number of benzene rings is 1. The highest BCUT2D eigenvalue weighted by Crippen LogP contribution is 2.30. The molecule has 0 N–H and O–H groups in total. The van der Waals surface area contributed by atoms with Crippen LogP contribution in [-0.2, 0) is 0 Å². The number of aryl methyl sites for hydroxylation is 1. The Kier molecular flexibility index (Phi) is 5.56. The lowest BCUT2D eigenvalue weighted by Gasteiger charge is -2.16. The van der Waals surface area contributed by atoms with Crippen LogP contribution in [0.5, 0.6) is 5.75 Å². The molecule has 0 aliphatic rings. The van der Waals surface area contributed by atoms with Crippen molar-refractivity contribution in [3.8, 4) is 11.8 Å². The molecule has 0 aliphatic heterocycles. The van der Waals surface area contributed by atoms with E-state index in [2.05, 4.69) is 39.0 Å². The second-order valence-corrected chi connectivity index (χ2v) is 4.49. The third-order valence-electron chi connectivity index (χ3n) is 2.85. The van der Waals surface area contributed by atoms with E-state index in [1.807, 2.05) is 6.07 Å². The number of rotatable bonds is 6. The molecule has 0 saturated heterocycles. The number of nitriles is 1. The van der Waals surface area contributed by atoms with E-state index < -0.39 is 0 Å². The first-order chi connectivity index (χ1) is 8.19. The summed E-state index contributed by atoms with van der Waals surface area (Å²) in [6.07, 6.45) is 2.50. The first kappa shape index (κ1) is 13.6. The topological polar surface area (TPSA) is 33.0 Å². The quantitative estimate of drug-likeness (QED) is 0.735. The van der Waals surface area contributed by atoms with Crippen molar-refractivity contribution in [2.75, 3.05) is 6.61 Å². The summed E-state index contributed by atoms with van der Waals surface area (Å²) in [7, 11) is 0. The summed E-state index contributed by atoms with van der Waals surface area (Å²) in [5.74, 6) is 1.35. The van der Waals surface area contributed by atoms with Crippen molar-refractivity contribution in [2.24, 2.45) is 0 Å². The molecule has 1 unspecified atom stereocenters. The highest BCUT2D eigenvalue weighted by atomic mass is 16.5. The van der Waals surface area contributed by atoms with E-state index in [9.17, 15) is 0 Å². The van der Waals surface area contributed by atoms with Crippen molar-refractivity contribution in [3.05, 3.63) is 29.3 Å². The molecule has 1 aromatic rings. The van der Waals surface area contributed by atoms with Crippen molar-refractivity contribution < 1.29 is 4.74 Å². The first-order valence-electron chi connectivity index (χ1n) is 6.29. The van der Waals surface area contributed by atoms with E-state index in [1.165, 1.54) is 11.1 Å². The molecule has 0 amide bonds. The Balaban J connectivity index is 2.86. The molecular formula is C15H21NO. The van der Waals surface area contributed by atoms with Crippen LogP contribution in [0.4, 0.5) is 0 Å². The van der Waals surface area contributed by atoms with Gasteiger partial charge in [-0.25, -0.2) is 0 Å². The number of nitrogens with zero attached hydrogens (tertiary/aromatic N) is 1. The SMILES string of the molecule is CCCOc1ccc(C)cc1C(C)CCC#N. The lowest BCUT2D eigenvalue weighted by atomic mass is 9.94. The predicted octanol–water partition coefficient (Wildman–Crippen LogP) is 4.19. The first-order valence-corrected chi connectivity index (χ1v) is 6.29. The number of hydrogen-bond acceptors (Lipinski definition) is 2. The predicted molar refractivity (Wildman–Crippen MR) is 70.2 cm³/mol. The molecule has 17 heavy (non-hydrogen) atoms. The van der Waals surface area contributed by atoms with Gasteiger partial charge in [-0.15, -0.1) is 0 Å². The van der Waals surface area contributed by atoms with Crippen molar-refractivity contribution in [3.63, 3.8) is 0 Å². The zero-order valence-corrected chi connectivity index (χ0v) is 11.0. The zero-order valence-electron chi connectivity index (χ0n) is 11.0. The van der Waals surface area contributed by atoms with Gasteiger partial charge in [-0.1, -0.05) is 31.5 Å². The van der Waals surface area contributed by atoms with Gasteiger partial charge in [0.05, 0.1) is 12.7 Å². The Labute approximate surface area is 104 Å². The summed E-state index contributed by atoms with van der Waals surface area (Å²) in [5, 5.41) is 8.65. The van der Waals surface area contributed by atoms with E-state index in [-0.39, 0.29) is 0 Å². The van der Waals surface area contributed by atoms with Crippen LogP contribution in [0.1, 0.15) is 50.2 Å². The summed E-state index contributed by atoms with van der Waals surface area (Å²) in [6.45, 7) is 7.10. The van der Waals surface area contributed by atoms with Gasteiger partial charge in [-0.3, -0.25) is 0 Å². The van der Waals surface area contributed by atoms with Crippen LogP contribution in [-0.4, -0.2) is 6.61 Å². The number of ether oxygens (including phenoxy) is 1. The second kappa shape index (κ2) is 6.96. The van der Waals surface area contributed by atoms with Crippen LogP contribution < -0.4 is 4.74 Å². The van der Waals surface area contributed by atoms with Crippen molar-refractivity contribution >= 4 is 0 Å². The molecule has 0 heterocycles. The number of hydrogen-bond donors (Lipinski definition) is 0. The molecule has 1 atom stereocenters. The van der Waals surface area contributed by atoms with Gasteiger partial charge in [0.2, 0.25) is 0 Å². The van der Waals surface area contributed by atoms with Gasteiger partial charge in [0.25, 0.3) is 0 Å². The van der Waals surface area contributed by atoms with Crippen LogP contribution in [0.2, 0.25) is 0 Å². The maximum atomic E-state index is 8.65. The molecule has 1 rings (SSSR count). The third kappa shape index (κ3) is 4.11. The molecule has 0 aliphatic carbocycles. The fourth-order valence-electron chi connectivity index (χ4n) is 1.83. The van der Waals surface area contributed by atoms with Gasteiger partial charge in [-0.05, 0) is 37.3 Å². The summed E-state index contributed by atoms with van der Waals surface area (Å²) in [4.78, 5) is 0. The van der Waals surface area contributed by atoms with Gasteiger partial charge in [0.1, 0.15) is 5.75 Å². The van der Waals surface area contributed by atoms with Crippen LogP contribution in [0.3, 0.4) is 0 Å². The highest BCUT2D eigenvalue weighted by Gasteiger charge is 2.11. The fourth-order valence-corrected chi connectivity index (χ4v) is 1.83. The normalized spacial score (nSPS) is 11.9. The minimum absolute atomic E-state index is 0.376. The molecular weight excluding hydrogens is 210 g/mol. The fraction of sp³-hybridized carbons (Fsp3) is 0.533. The monoisotopic (exact) mass is 231 g/mol. The molecule has 0 bridgehead atoms. The van der Waals surface area contributed by atoms with Crippen molar-refractivity contribution in [1.29, 1.82) is 5.26 Å². The molecule has 2 nitrogen and oxygen atoms in total. The minimum Gasteiger partial charge on any atom is -0.493 e. The third-order valence-corrected chi connectivity index (χ3v) is 2.85. The van der Waals surface area contributed by atoms with Crippen LogP contribution in [0.25, 0.3) is 0 Å². The lowest BCUT2D eigenvalue weighted by molar-refractivity contribution is 0.312. The van der Waals surface area contributed by atoms with Gasteiger partial charge < -0.3 is 4.74 Å². The van der Waals surface area contributed by atoms with Crippen LogP contribution in [0, 0.1) is 18.3 Å². The summed E-state index contributed by atoms with van der Waals surface area (Å²) >= 11 is 0. The average Bonchev–Trinajstić information content (AvgIpc) is 2.34. The summed E-state index contributed by atoms with van der Waals surface area (Å²) < 4.78 is 5.76. The Bertz CT molecular complexity index is 392. The van der Waals surface area contributed by atoms with Crippen LogP contribution >= 0.6 is 0 Å². The summed E-state index contributed by atoms with van der Waals surface area (Å²) in [5.41, 5.74) is 2.47. The largest absolute Gasteiger partial charge is 0.493 e. The van der Waals surface area contributed by atoms with Gasteiger partial charge in [0, 0.05) is 6.42 Å². The van der Waals surface area contributed by atoms with E-state index in [0.717, 1.165) is 25.2 Å². The minimum atomic E-state index is 0.376. The van der Waals surface area contributed by atoms with Crippen molar-refractivity contribution in [1.82, 2.24) is 0 Å². The second-order valence-electron chi connectivity index (χ2n) is 4.49. The van der Waals surface area contributed by atoms with E-state index in [0.29, 0.717) is 12.3 Å². The Morgan fingerprint density at radius 3 is 2.82 bits per heavy atom. The Morgan fingerprint density at radius 1 is 1.41 bits per heavy atom. The Morgan fingerprint density at radius 2 is 2.18 bits per heavy atom. The van der Waals surface area contributed by atoms with E-state index >= 15 is 0 Å². The molecule has 0 saturated carbocycles. The molecule has 0 fully saturated rings. The lowest BCUT2D eigenvalue weighted by Crippen LogP contribution is -2.02. The molecule has 0 aromatic heterocycles. The molecule has 92 valence electrons. The zero-order chi connectivity index (χ0) is 12.7. The maximum Gasteiger partial charge on any atom is 0.122 e. The Hall–Kier alpha value is -1.49.